The van der Waals surface area contributed by atoms with E-state index in [1.165, 1.54) is 6.07 Å². The Kier molecular flexibility index (Phi) is 3.72. The minimum atomic E-state index is -0.571. The van der Waals surface area contributed by atoms with Crippen molar-refractivity contribution in [1.82, 2.24) is 4.90 Å². The summed E-state index contributed by atoms with van der Waals surface area (Å²) in [4.78, 5) is 1.75. The van der Waals surface area contributed by atoms with Gasteiger partial charge in [0, 0.05) is 25.4 Å². The van der Waals surface area contributed by atoms with Gasteiger partial charge in [0.2, 0.25) is 0 Å². The van der Waals surface area contributed by atoms with Gasteiger partial charge < -0.3 is 10.6 Å². The van der Waals surface area contributed by atoms with Crippen LogP contribution in [0.1, 0.15) is 11.6 Å². The average molecular weight is 229 g/mol. The minimum Gasteiger partial charge on any atom is -0.380 e. The quantitative estimate of drug-likeness (QED) is 0.862. The van der Waals surface area contributed by atoms with Crippen LogP contribution < -0.4 is 5.73 Å². The fourth-order valence-electron chi connectivity index (χ4n) is 1.22. The molecule has 0 aromatic heterocycles. The van der Waals surface area contributed by atoms with E-state index >= 15 is 0 Å². The van der Waals surface area contributed by atoms with E-state index < -0.39 is 11.9 Å². The van der Waals surface area contributed by atoms with E-state index in [1.807, 2.05) is 14.1 Å². The second-order valence-electron chi connectivity index (χ2n) is 3.51. The molecule has 2 N–H and O–H groups in total. The van der Waals surface area contributed by atoms with Gasteiger partial charge in [-0.15, -0.1) is 0 Å². The Morgan fingerprint density at radius 1 is 1.53 bits per heavy atom. The van der Waals surface area contributed by atoms with Crippen molar-refractivity contribution in [3.8, 4) is 0 Å². The maximum Gasteiger partial charge on any atom is 0.146 e. The molecular formula is C11H14ClFN2. The van der Waals surface area contributed by atoms with Crippen LogP contribution in [0.5, 0.6) is 0 Å². The molecule has 0 heterocycles. The van der Waals surface area contributed by atoms with Crippen LogP contribution in [0.2, 0.25) is 5.02 Å². The molecule has 0 unspecified atom stereocenters. The van der Waals surface area contributed by atoms with Gasteiger partial charge in [0.05, 0.1) is 11.1 Å². The number of nitrogens with two attached hydrogens (primary N) is 1. The minimum absolute atomic E-state index is 0.0782. The van der Waals surface area contributed by atoms with Crippen LogP contribution in [0.15, 0.2) is 30.5 Å². The highest BCUT2D eigenvalue weighted by molar-refractivity contribution is 6.30. The number of benzene rings is 1. The lowest BCUT2D eigenvalue weighted by Gasteiger charge is -2.22. The fourth-order valence-corrected chi connectivity index (χ4v) is 1.40. The first kappa shape index (κ1) is 12.0. The normalized spacial score (nSPS) is 12.3. The Hall–Kier alpha value is -1.06. The van der Waals surface area contributed by atoms with Crippen LogP contribution in [0.4, 0.5) is 4.39 Å². The van der Waals surface area contributed by atoms with Gasteiger partial charge in [-0.05, 0) is 6.07 Å². The van der Waals surface area contributed by atoms with Crippen LogP contribution in [0.25, 0.3) is 0 Å². The third-order valence-corrected chi connectivity index (χ3v) is 2.54. The van der Waals surface area contributed by atoms with Crippen molar-refractivity contribution in [2.45, 2.75) is 6.04 Å². The Bertz CT molecular complexity index is 377. The van der Waals surface area contributed by atoms with Crippen molar-refractivity contribution in [3.63, 3.8) is 0 Å². The summed E-state index contributed by atoms with van der Waals surface area (Å²) in [6.07, 6.45) is 0. The van der Waals surface area contributed by atoms with Crippen molar-refractivity contribution in [2.24, 2.45) is 5.73 Å². The molecule has 1 atom stereocenters. The molecule has 0 aliphatic rings. The Balaban J connectivity index is 3.06. The van der Waals surface area contributed by atoms with Crippen LogP contribution >= 0.6 is 11.6 Å². The lowest BCUT2D eigenvalue weighted by molar-refractivity contribution is 0.461. The van der Waals surface area contributed by atoms with E-state index in [1.54, 1.807) is 17.0 Å². The molecular weight excluding hydrogens is 215 g/mol. The summed E-state index contributed by atoms with van der Waals surface area (Å²) < 4.78 is 13.6. The second kappa shape index (κ2) is 4.64. The molecule has 82 valence electrons. The van der Waals surface area contributed by atoms with Gasteiger partial charge in [0.1, 0.15) is 5.82 Å². The monoisotopic (exact) mass is 228 g/mol. The molecule has 0 aliphatic carbocycles. The van der Waals surface area contributed by atoms with E-state index in [0.717, 1.165) is 0 Å². The van der Waals surface area contributed by atoms with Gasteiger partial charge in [-0.3, -0.25) is 0 Å². The molecule has 0 saturated carbocycles. The zero-order valence-corrected chi connectivity index (χ0v) is 9.55. The molecule has 0 bridgehead atoms. The summed E-state index contributed by atoms with van der Waals surface area (Å²) in [6.45, 7) is 3.79. The first-order valence-corrected chi connectivity index (χ1v) is 4.88. The highest BCUT2D eigenvalue weighted by atomic mass is 35.5. The van der Waals surface area contributed by atoms with Crippen molar-refractivity contribution >= 4 is 11.6 Å². The Morgan fingerprint density at radius 2 is 2.13 bits per heavy atom. The first-order valence-electron chi connectivity index (χ1n) is 4.50. The molecule has 0 fully saturated rings. The maximum absolute atomic E-state index is 13.6. The largest absolute Gasteiger partial charge is 0.380 e. The average Bonchev–Trinajstić information content (AvgIpc) is 2.20. The van der Waals surface area contributed by atoms with Crippen molar-refractivity contribution in [1.29, 1.82) is 0 Å². The van der Waals surface area contributed by atoms with Gasteiger partial charge in [0.15, 0.2) is 0 Å². The van der Waals surface area contributed by atoms with Crippen LogP contribution in [-0.2, 0) is 0 Å². The molecule has 1 aromatic rings. The number of halogens is 2. The Labute approximate surface area is 94.1 Å². The molecule has 1 aromatic carbocycles. The first-order chi connectivity index (χ1) is 6.95. The lowest BCUT2D eigenvalue weighted by atomic mass is 10.0. The topological polar surface area (TPSA) is 29.3 Å². The van der Waals surface area contributed by atoms with Gasteiger partial charge in [-0.1, -0.05) is 30.3 Å². The smallest absolute Gasteiger partial charge is 0.146 e. The number of likely N-dealkylation sites (N-methyl/N-ethyl adjacent to an activating group) is 1. The van der Waals surface area contributed by atoms with Crippen LogP contribution in [-0.4, -0.2) is 19.0 Å². The van der Waals surface area contributed by atoms with Crippen molar-refractivity contribution in [3.05, 3.63) is 46.9 Å². The number of rotatable bonds is 3. The summed E-state index contributed by atoms with van der Waals surface area (Å²) in [5.74, 6) is -0.477. The molecule has 0 amide bonds. The molecule has 15 heavy (non-hydrogen) atoms. The van der Waals surface area contributed by atoms with Crippen molar-refractivity contribution in [2.75, 3.05) is 14.1 Å². The second-order valence-corrected chi connectivity index (χ2v) is 3.91. The highest BCUT2D eigenvalue weighted by Crippen LogP contribution is 2.26. The standard InChI is InChI=1S/C11H14ClFN2/c1-7(15(2)3)11(14)8-5-4-6-9(12)10(8)13/h4-6,11H,1,14H2,2-3H3/t11-/m1/s1. The third kappa shape index (κ3) is 2.49. The SMILES string of the molecule is C=C([C@@H](N)c1cccc(Cl)c1F)N(C)C. The summed E-state index contributed by atoms with van der Waals surface area (Å²) in [6, 6.07) is 4.20. The van der Waals surface area contributed by atoms with Gasteiger partial charge >= 0.3 is 0 Å². The van der Waals surface area contributed by atoms with Gasteiger partial charge in [-0.25, -0.2) is 4.39 Å². The molecule has 0 radical (unpaired) electrons. The zero-order chi connectivity index (χ0) is 11.6. The lowest BCUT2D eigenvalue weighted by Crippen LogP contribution is -2.23. The zero-order valence-electron chi connectivity index (χ0n) is 8.80. The summed E-state index contributed by atoms with van der Waals surface area (Å²) >= 11 is 5.67. The van der Waals surface area contributed by atoms with Crippen LogP contribution in [0.3, 0.4) is 0 Å². The molecule has 2 nitrogen and oxygen atoms in total. The molecule has 4 heteroatoms. The Morgan fingerprint density at radius 3 is 2.67 bits per heavy atom. The summed E-state index contributed by atoms with van der Waals surface area (Å²) in [7, 11) is 3.62. The fraction of sp³-hybridized carbons (Fsp3) is 0.273. The predicted molar refractivity (Wildman–Crippen MR) is 61.2 cm³/mol. The molecule has 1 rings (SSSR count). The molecule has 0 saturated heterocycles. The van der Waals surface area contributed by atoms with E-state index in [4.69, 9.17) is 17.3 Å². The third-order valence-electron chi connectivity index (χ3n) is 2.25. The van der Waals surface area contributed by atoms with Crippen molar-refractivity contribution < 1.29 is 4.39 Å². The molecule has 0 aliphatic heterocycles. The predicted octanol–water partition coefficient (Wildman–Crippen LogP) is 2.55. The summed E-state index contributed by atoms with van der Waals surface area (Å²) in [5.41, 5.74) is 6.87. The highest BCUT2D eigenvalue weighted by Gasteiger charge is 2.17. The van der Waals surface area contributed by atoms with Gasteiger partial charge in [-0.2, -0.15) is 0 Å². The number of hydrogen-bond donors (Lipinski definition) is 1. The van der Waals surface area contributed by atoms with Gasteiger partial charge in [0.25, 0.3) is 0 Å². The van der Waals surface area contributed by atoms with E-state index in [-0.39, 0.29) is 5.02 Å². The van der Waals surface area contributed by atoms with E-state index in [0.29, 0.717) is 11.3 Å². The molecule has 0 spiro atoms. The van der Waals surface area contributed by atoms with E-state index in [2.05, 4.69) is 6.58 Å². The van der Waals surface area contributed by atoms with Crippen LogP contribution in [0, 0.1) is 5.82 Å². The maximum atomic E-state index is 13.6. The number of hydrogen-bond acceptors (Lipinski definition) is 2. The number of nitrogens with zero attached hydrogens (tertiary/aromatic N) is 1. The van der Waals surface area contributed by atoms with E-state index in [9.17, 15) is 4.39 Å². The summed E-state index contributed by atoms with van der Waals surface area (Å²) in [5, 5.41) is 0.0782.